The summed E-state index contributed by atoms with van der Waals surface area (Å²) in [6.45, 7) is 3.68. The standard InChI is InChI=1S/C21H23NO6S/c1-3-26-20(23)21(11-22)18(14-6-9-16-17(10-14)28-12-27-16)19(21)29(24,25)15-7-4-13(2)5-8-15/h4-10,18-19H,3,11-12,22H2,1-2H3/t18-,19+,21-/m1/s1. The molecule has 7 nitrogen and oxygen atoms in total. The zero-order valence-corrected chi connectivity index (χ0v) is 17.1. The molecule has 3 atom stereocenters. The van der Waals surface area contributed by atoms with E-state index in [0.29, 0.717) is 17.1 Å². The number of carbonyl (C=O) groups is 1. The van der Waals surface area contributed by atoms with E-state index in [1.165, 1.54) is 0 Å². The fourth-order valence-corrected chi connectivity index (χ4v) is 6.53. The monoisotopic (exact) mass is 417 g/mol. The van der Waals surface area contributed by atoms with Gasteiger partial charge in [-0.25, -0.2) is 8.42 Å². The molecule has 2 N–H and O–H groups in total. The molecule has 0 spiro atoms. The van der Waals surface area contributed by atoms with Crippen LogP contribution in [0.5, 0.6) is 11.5 Å². The molecule has 0 aromatic heterocycles. The van der Waals surface area contributed by atoms with Crippen LogP contribution in [0.25, 0.3) is 0 Å². The van der Waals surface area contributed by atoms with E-state index in [-0.39, 0.29) is 24.8 Å². The van der Waals surface area contributed by atoms with Crippen molar-refractivity contribution >= 4 is 15.8 Å². The van der Waals surface area contributed by atoms with Gasteiger partial charge >= 0.3 is 5.97 Å². The van der Waals surface area contributed by atoms with E-state index in [2.05, 4.69) is 0 Å². The van der Waals surface area contributed by atoms with E-state index < -0.39 is 32.4 Å². The first-order valence-electron chi connectivity index (χ1n) is 9.43. The fourth-order valence-electron chi connectivity index (χ4n) is 4.15. The number of hydrogen-bond donors (Lipinski definition) is 1. The third-order valence-corrected chi connectivity index (χ3v) is 7.98. The Morgan fingerprint density at radius 1 is 1.17 bits per heavy atom. The first-order chi connectivity index (χ1) is 13.9. The van der Waals surface area contributed by atoms with Crippen LogP contribution < -0.4 is 15.2 Å². The van der Waals surface area contributed by atoms with Crippen LogP contribution in [0.1, 0.15) is 24.0 Å². The molecule has 2 aliphatic rings. The van der Waals surface area contributed by atoms with Gasteiger partial charge in [0.1, 0.15) is 5.41 Å². The highest BCUT2D eigenvalue weighted by Crippen LogP contribution is 2.64. The molecule has 154 valence electrons. The summed E-state index contributed by atoms with van der Waals surface area (Å²) in [7, 11) is -3.83. The Labute approximate surface area is 169 Å². The minimum atomic E-state index is -3.83. The Balaban J connectivity index is 1.81. The van der Waals surface area contributed by atoms with Crippen LogP contribution in [0.3, 0.4) is 0 Å². The van der Waals surface area contributed by atoms with E-state index >= 15 is 0 Å². The van der Waals surface area contributed by atoms with E-state index in [1.54, 1.807) is 49.4 Å². The summed E-state index contributed by atoms with van der Waals surface area (Å²) in [5.74, 6) is -0.115. The van der Waals surface area contributed by atoms with Gasteiger partial charge in [-0.1, -0.05) is 23.8 Å². The molecule has 0 radical (unpaired) electrons. The highest BCUT2D eigenvalue weighted by atomic mass is 32.2. The number of benzene rings is 2. The van der Waals surface area contributed by atoms with Crippen molar-refractivity contribution in [2.75, 3.05) is 19.9 Å². The molecule has 4 rings (SSSR count). The molecule has 1 aliphatic carbocycles. The van der Waals surface area contributed by atoms with Gasteiger partial charge in [0.25, 0.3) is 0 Å². The number of rotatable bonds is 6. The molecular weight excluding hydrogens is 394 g/mol. The zero-order valence-electron chi connectivity index (χ0n) is 16.3. The van der Waals surface area contributed by atoms with Gasteiger partial charge < -0.3 is 19.9 Å². The van der Waals surface area contributed by atoms with Crippen LogP contribution in [0.4, 0.5) is 0 Å². The number of nitrogens with two attached hydrogens (primary N) is 1. The maximum atomic E-state index is 13.5. The second kappa shape index (κ2) is 7.03. The molecule has 0 unspecified atom stereocenters. The number of carbonyl (C=O) groups excluding carboxylic acids is 1. The third-order valence-electron chi connectivity index (χ3n) is 5.69. The van der Waals surface area contributed by atoms with Crippen molar-refractivity contribution < 1.29 is 27.4 Å². The lowest BCUT2D eigenvalue weighted by Gasteiger charge is -2.14. The number of sulfone groups is 1. The number of hydrogen-bond acceptors (Lipinski definition) is 7. The molecular formula is C21H23NO6S. The summed E-state index contributed by atoms with van der Waals surface area (Å²) in [6, 6.07) is 11.8. The summed E-state index contributed by atoms with van der Waals surface area (Å²) < 4.78 is 43.0. The second-order valence-electron chi connectivity index (χ2n) is 7.33. The topological polar surface area (TPSA) is 105 Å². The average molecular weight is 417 g/mol. The number of fused-ring (bicyclic) bond motifs is 1. The van der Waals surface area contributed by atoms with Crippen LogP contribution in [0.15, 0.2) is 47.4 Å². The van der Waals surface area contributed by atoms with Gasteiger partial charge in [0.15, 0.2) is 21.3 Å². The molecule has 29 heavy (non-hydrogen) atoms. The predicted octanol–water partition coefficient (Wildman–Crippen LogP) is 2.17. The average Bonchev–Trinajstić information content (AvgIpc) is 3.20. The number of aryl methyl sites for hydroxylation is 1. The minimum absolute atomic E-state index is 0.106. The van der Waals surface area contributed by atoms with E-state index in [1.807, 2.05) is 6.92 Å². The van der Waals surface area contributed by atoms with Crippen LogP contribution in [-0.4, -0.2) is 39.6 Å². The molecule has 0 saturated heterocycles. The van der Waals surface area contributed by atoms with Crippen LogP contribution in [0, 0.1) is 12.3 Å². The normalized spacial score (nSPS) is 24.9. The first kappa shape index (κ1) is 19.7. The highest BCUT2D eigenvalue weighted by molar-refractivity contribution is 7.92. The van der Waals surface area contributed by atoms with Crippen molar-refractivity contribution in [1.29, 1.82) is 0 Å². The molecule has 1 aliphatic heterocycles. The van der Waals surface area contributed by atoms with Crippen LogP contribution in [-0.2, 0) is 19.4 Å². The molecule has 1 fully saturated rings. The van der Waals surface area contributed by atoms with E-state index in [9.17, 15) is 13.2 Å². The Kier molecular flexibility index (Phi) is 4.78. The summed E-state index contributed by atoms with van der Waals surface area (Å²) in [4.78, 5) is 13.1. The van der Waals surface area contributed by atoms with Gasteiger partial charge in [-0.3, -0.25) is 4.79 Å². The van der Waals surface area contributed by atoms with Gasteiger partial charge in [0.05, 0.1) is 16.8 Å². The molecule has 2 aromatic rings. The Bertz CT molecular complexity index is 1050. The highest BCUT2D eigenvalue weighted by Gasteiger charge is 2.75. The fraction of sp³-hybridized carbons (Fsp3) is 0.381. The third kappa shape index (κ3) is 2.98. The van der Waals surface area contributed by atoms with Crippen LogP contribution in [0.2, 0.25) is 0 Å². The number of ether oxygens (including phenoxy) is 3. The number of esters is 1. The van der Waals surface area contributed by atoms with Gasteiger partial charge in [-0.2, -0.15) is 0 Å². The zero-order chi connectivity index (χ0) is 20.8. The Morgan fingerprint density at radius 3 is 2.52 bits per heavy atom. The summed E-state index contributed by atoms with van der Waals surface area (Å²) >= 11 is 0. The second-order valence-corrected chi connectivity index (χ2v) is 9.40. The SMILES string of the molecule is CCOC(=O)[C@]1(CN)[C@H](c2ccc3c(c2)OCO3)[C@@H]1S(=O)(=O)c1ccc(C)cc1. The summed E-state index contributed by atoms with van der Waals surface area (Å²) in [5.41, 5.74) is 6.28. The summed E-state index contributed by atoms with van der Waals surface area (Å²) in [5, 5.41) is -1.01. The maximum Gasteiger partial charge on any atom is 0.315 e. The van der Waals surface area contributed by atoms with Crippen molar-refractivity contribution in [1.82, 2.24) is 0 Å². The molecule has 2 aromatic carbocycles. The van der Waals surface area contributed by atoms with Crippen molar-refractivity contribution in [3.63, 3.8) is 0 Å². The van der Waals surface area contributed by atoms with E-state index in [0.717, 1.165) is 5.56 Å². The predicted molar refractivity (Wildman–Crippen MR) is 106 cm³/mol. The Morgan fingerprint density at radius 2 is 1.86 bits per heavy atom. The van der Waals surface area contributed by atoms with E-state index in [4.69, 9.17) is 19.9 Å². The molecule has 1 heterocycles. The lowest BCUT2D eigenvalue weighted by molar-refractivity contribution is -0.149. The minimum Gasteiger partial charge on any atom is -0.465 e. The van der Waals surface area contributed by atoms with Crippen LogP contribution >= 0.6 is 0 Å². The van der Waals surface area contributed by atoms with Crippen molar-refractivity contribution in [3.05, 3.63) is 53.6 Å². The smallest absolute Gasteiger partial charge is 0.315 e. The molecule has 1 saturated carbocycles. The van der Waals surface area contributed by atoms with Crippen molar-refractivity contribution in [3.8, 4) is 11.5 Å². The molecule has 0 bridgehead atoms. The van der Waals surface area contributed by atoms with Crippen molar-refractivity contribution in [2.45, 2.75) is 29.9 Å². The molecule has 8 heteroatoms. The van der Waals surface area contributed by atoms with Gasteiger partial charge in [0, 0.05) is 12.5 Å². The quantitative estimate of drug-likeness (QED) is 0.718. The largest absolute Gasteiger partial charge is 0.465 e. The van der Waals surface area contributed by atoms with Gasteiger partial charge in [0.2, 0.25) is 6.79 Å². The lowest BCUT2D eigenvalue weighted by Crippen LogP contribution is -2.33. The lowest BCUT2D eigenvalue weighted by atomic mass is 9.99. The molecule has 0 amide bonds. The van der Waals surface area contributed by atoms with Gasteiger partial charge in [-0.05, 0) is 43.7 Å². The van der Waals surface area contributed by atoms with Gasteiger partial charge in [-0.15, -0.1) is 0 Å². The first-order valence-corrected chi connectivity index (χ1v) is 11.0. The Hall–Kier alpha value is -2.58. The maximum absolute atomic E-state index is 13.5. The summed E-state index contributed by atoms with van der Waals surface area (Å²) in [6.07, 6.45) is 0. The van der Waals surface area contributed by atoms with Crippen molar-refractivity contribution in [2.24, 2.45) is 11.1 Å².